The SMILES string of the molecule is Cc1cccc(OCc2c(-c3ccc(Cl)c(F)c3)nsc2C(F)(F)F)c1. The van der Waals surface area contributed by atoms with E-state index in [9.17, 15) is 17.6 Å². The molecule has 3 rings (SSSR count). The van der Waals surface area contributed by atoms with Gasteiger partial charge in [-0.2, -0.15) is 17.5 Å². The van der Waals surface area contributed by atoms with E-state index in [1.54, 1.807) is 18.2 Å². The van der Waals surface area contributed by atoms with E-state index in [0.717, 1.165) is 11.6 Å². The largest absolute Gasteiger partial charge is 0.489 e. The smallest absolute Gasteiger partial charge is 0.427 e. The van der Waals surface area contributed by atoms with E-state index in [2.05, 4.69) is 4.37 Å². The average Bonchev–Trinajstić information content (AvgIpc) is 3.00. The number of nitrogens with zero attached hydrogens (tertiary/aromatic N) is 1. The van der Waals surface area contributed by atoms with Crippen LogP contribution in [-0.2, 0) is 12.8 Å². The lowest BCUT2D eigenvalue weighted by atomic mass is 10.1. The maximum Gasteiger partial charge on any atom is 0.427 e. The summed E-state index contributed by atoms with van der Waals surface area (Å²) in [7, 11) is 0. The van der Waals surface area contributed by atoms with Gasteiger partial charge in [-0.05, 0) is 48.3 Å². The van der Waals surface area contributed by atoms with Crippen LogP contribution >= 0.6 is 23.1 Å². The first-order valence-electron chi connectivity index (χ1n) is 7.46. The Morgan fingerprint density at radius 2 is 1.92 bits per heavy atom. The van der Waals surface area contributed by atoms with Gasteiger partial charge in [0, 0.05) is 11.1 Å². The lowest BCUT2D eigenvalue weighted by molar-refractivity contribution is -0.135. The zero-order valence-corrected chi connectivity index (χ0v) is 15.0. The Balaban J connectivity index is 2.00. The summed E-state index contributed by atoms with van der Waals surface area (Å²) < 4.78 is 63.1. The minimum atomic E-state index is -4.58. The standard InChI is InChI=1S/C18H12ClF4NOS/c1-10-3-2-4-12(7-10)25-9-13-16(24-26-17(13)18(21,22)23)11-5-6-14(19)15(20)8-11/h2-8H,9H2,1H3. The van der Waals surface area contributed by atoms with Gasteiger partial charge in [0.15, 0.2) is 0 Å². The summed E-state index contributed by atoms with van der Waals surface area (Å²) in [5, 5.41) is -0.113. The summed E-state index contributed by atoms with van der Waals surface area (Å²) >= 11 is 5.96. The summed E-state index contributed by atoms with van der Waals surface area (Å²) in [4.78, 5) is -0.865. The van der Waals surface area contributed by atoms with Crippen molar-refractivity contribution in [3.8, 4) is 17.0 Å². The molecule has 0 aliphatic carbocycles. The van der Waals surface area contributed by atoms with Gasteiger partial charge in [-0.1, -0.05) is 29.8 Å². The van der Waals surface area contributed by atoms with Crippen molar-refractivity contribution in [2.75, 3.05) is 0 Å². The van der Waals surface area contributed by atoms with E-state index in [4.69, 9.17) is 16.3 Å². The molecule has 0 spiro atoms. The Morgan fingerprint density at radius 3 is 2.58 bits per heavy atom. The molecule has 26 heavy (non-hydrogen) atoms. The summed E-state index contributed by atoms with van der Waals surface area (Å²) in [6.07, 6.45) is -4.58. The van der Waals surface area contributed by atoms with Crippen LogP contribution in [0.2, 0.25) is 5.02 Å². The first kappa shape index (κ1) is 18.7. The molecule has 0 amide bonds. The molecule has 0 unspecified atom stereocenters. The Labute approximate surface area is 156 Å². The van der Waals surface area contributed by atoms with Gasteiger partial charge in [-0.15, -0.1) is 0 Å². The van der Waals surface area contributed by atoms with E-state index < -0.39 is 16.9 Å². The first-order valence-corrected chi connectivity index (χ1v) is 8.61. The van der Waals surface area contributed by atoms with Gasteiger partial charge < -0.3 is 4.74 Å². The maximum absolute atomic E-state index is 13.7. The highest BCUT2D eigenvalue weighted by molar-refractivity contribution is 7.06. The van der Waals surface area contributed by atoms with Crippen molar-refractivity contribution in [3.63, 3.8) is 0 Å². The van der Waals surface area contributed by atoms with Crippen molar-refractivity contribution < 1.29 is 22.3 Å². The van der Waals surface area contributed by atoms with Gasteiger partial charge in [0.1, 0.15) is 23.1 Å². The van der Waals surface area contributed by atoms with Crippen LogP contribution < -0.4 is 4.74 Å². The molecule has 8 heteroatoms. The lowest BCUT2D eigenvalue weighted by Crippen LogP contribution is -2.08. The maximum atomic E-state index is 13.7. The molecule has 0 N–H and O–H groups in total. The molecule has 1 heterocycles. The highest BCUT2D eigenvalue weighted by Gasteiger charge is 2.38. The molecule has 0 bridgehead atoms. The number of hydrogen-bond acceptors (Lipinski definition) is 3. The van der Waals surface area contributed by atoms with Crippen LogP contribution in [0.25, 0.3) is 11.3 Å². The summed E-state index contributed by atoms with van der Waals surface area (Å²) in [5.74, 6) is -0.283. The monoisotopic (exact) mass is 401 g/mol. The Morgan fingerprint density at radius 1 is 1.15 bits per heavy atom. The van der Waals surface area contributed by atoms with Gasteiger partial charge >= 0.3 is 6.18 Å². The molecule has 136 valence electrons. The molecule has 0 radical (unpaired) electrons. The molecular formula is C18H12ClF4NOS. The Kier molecular flexibility index (Phi) is 5.20. The fourth-order valence-corrected chi connectivity index (χ4v) is 3.28. The number of rotatable bonds is 4. The van der Waals surface area contributed by atoms with Gasteiger partial charge in [0.25, 0.3) is 0 Å². The Bertz CT molecular complexity index is 939. The van der Waals surface area contributed by atoms with Crippen LogP contribution in [0.4, 0.5) is 17.6 Å². The van der Waals surface area contributed by atoms with Gasteiger partial charge in [0.2, 0.25) is 0 Å². The first-order chi connectivity index (χ1) is 12.3. The van der Waals surface area contributed by atoms with Crippen LogP contribution in [0, 0.1) is 12.7 Å². The number of hydrogen-bond donors (Lipinski definition) is 0. The summed E-state index contributed by atoms with van der Waals surface area (Å²) in [5.41, 5.74) is 1.03. The van der Waals surface area contributed by atoms with E-state index in [-0.39, 0.29) is 28.5 Å². The topological polar surface area (TPSA) is 22.1 Å². The predicted octanol–water partition coefficient (Wildman–Crippen LogP) is 6.51. The minimum absolute atomic E-state index is 0.0329. The van der Waals surface area contributed by atoms with Crippen molar-refractivity contribution in [3.05, 3.63) is 69.3 Å². The van der Waals surface area contributed by atoms with Crippen LogP contribution in [0.15, 0.2) is 42.5 Å². The van der Waals surface area contributed by atoms with E-state index >= 15 is 0 Å². The number of benzene rings is 2. The molecule has 2 aromatic carbocycles. The van der Waals surface area contributed by atoms with E-state index in [1.807, 2.05) is 13.0 Å². The van der Waals surface area contributed by atoms with Gasteiger partial charge in [-0.3, -0.25) is 0 Å². The third-order valence-electron chi connectivity index (χ3n) is 3.61. The molecule has 0 aliphatic heterocycles. The number of halogens is 5. The molecular weight excluding hydrogens is 390 g/mol. The molecule has 0 saturated heterocycles. The average molecular weight is 402 g/mol. The Hall–Kier alpha value is -2.12. The van der Waals surface area contributed by atoms with Gasteiger partial charge in [-0.25, -0.2) is 4.39 Å². The second-order valence-corrected chi connectivity index (χ2v) is 6.75. The fourth-order valence-electron chi connectivity index (χ4n) is 2.40. The zero-order valence-electron chi connectivity index (χ0n) is 13.4. The summed E-state index contributed by atoms with van der Waals surface area (Å²) in [6, 6.07) is 10.7. The van der Waals surface area contributed by atoms with Crippen molar-refractivity contribution in [2.45, 2.75) is 19.7 Å². The quantitative estimate of drug-likeness (QED) is 0.465. The molecule has 0 fully saturated rings. The predicted molar refractivity (Wildman–Crippen MR) is 93.0 cm³/mol. The minimum Gasteiger partial charge on any atom is -0.489 e. The lowest BCUT2D eigenvalue weighted by Gasteiger charge is -2.11. The molecule has 1 aromatic heterocycles. The second-order valence-electron chi connectivity index (χ2n) is 5.57. The number of alkyl halides is 3. The number of aromatic nitrogens is 1. The zero-order chi connectivity index (χ0) is 18.9. The molecule has 2 nitrogen and oxygen atoms in total. The third kappa shape index (κ3) is 3.99. The molecule has 0 aliphatic rings. The summed E-state index contributed by atoms with van der Waals surface area (Å²) in [6.45, 7) is 1.51. The highest BCUT2D eigenvalue weighted by Crippen LogP contribution is 2.40. The highest BCUT2D eigenvalue weighted by atomic mass is 35.5. The third-order valence-corrected chi connectivity index (χ3v) is 4.85. The van der Waals surface area contributed by atoms with Crippen molar-refractivity contribution >= 4 is 23.1 Å². The van der Waals surface area contributed by atoms with E-state index in [0.29, 0.717) is 17.3 Å². The molecule has 0 atom stereocenters. The van der Waals surface area contributed by atoms with Crippen molar-refractivity contribution in [1.29, 1.82) is 0 Å². The second kappa shape index (κ2) is 7.25. The fraction of sp³-hybridized carbons (Fsp3) is 0.167. The normalized spacial score (nSPS) is 11.6. The van der Waals surface area contributed by atoms with Crippen molar-refractivity contribution in [2.24, 2.45) is 0 Å². The van der Waals surface area contributed by atoms with E-state index in [1.165, 1.54) is 12.1 Å². The van der Waals surface area contributed by atoms with Crippen molar-refractivity contribution in [1.82, 2.24) is 4.37 Å². The van der Waals surface area contributed by atoms with Crippen LogP contribution in [0.5, 0.6) is 5.75 Å². The number of ether oxygens (including phenoxy) is 1. The van der Waals surface area contributed by atoms with Crippen LogP contribution in [0.3, 0.4) is 0 Å². The molecule has 0 saturated carbocycles. The van der Waals surface area contributed by atoms with Crippen LogP contribution in [0.1, 0.15) is 16.0 Å². The van der Waals surface area contributed by atoms with Gasteiger partial charge in [0.05, 0.1) is 10.7 Å². The van der Waals surface area contributed by atoms with Crippen LogP contribution in [-0.4, -0.2) is 4.37 Å². The number of aryl methyl sites for hydroxylation is 1. The molecule has 3 aromatic rings.